The summed E-state index contributed by atoms with van der Waals surface area (Å²) in [4.78, 5) is 24.5. The molecule has 0 aromatic rings. The van der Waals surface area contributed by atoms with E-state index in [4.69, 9.17) is 0 Å². The van der Waals surface area contributed by atoms with E-state index in [2.05, 4.69) is 25.7 Å². The quantitative estimate of drug-likeness (QED) is 0.541. The molecule has 0 spiro atoms. The van der Waals surface area contributed by atoms with Crippen LogP contribution in [0, 0.1) is 11.3 Å². The van der Waals surface area contributed by atoms with Crippen LogP contribution in [0.4, 0.5) is 0 Å². The van der Waals surface area contributed by atoms with Gasteiger partial charge >= 0.3 is 0 Å². The van der Waals surface area contributed by atoms with Crippen molar-refractivity contribution in [3.63, 3.8) is 0 Å². The summed E-state index contributed by atoms with van der Waals surface area (Å²) in [7, 11) is 0.522. The molecule has 0 saturated carbocycles. The molecule has 1 N–H and O–H groups in total. The van der Waals surface area contributed by atoms with Crippen molar-refractivity contribution in [1.82, 2.24) is 5.32 Å². The highest BCUT2D eigenvalue weighted by Gasteiger charge is 2.35. The van der Waals surface area contributed by atoms with Crippen LogP contribution >= 0.6 is 0 Å². The lowest BCUT2D eigenvalue weighted by Gasteiger charge is -2.36. The topological polar surface area (TPSA) is 46.2 Å². The molecule has 0 aliphatic heterocycles. The van der Waals surface area contributed by atoms with Crippen molar-refractivity contribution in [3.8, 4) is 0 Å². The van der Waals surface area contributed by atoms with Crippen LogP contribution in [-0.4, -0.2) is 24.4 Å². The number of carbonyl (C=O) groups excluding carboxylic acids is 2. The summed E-state index contributed by atoms with van der Waals surface area (Å²) < 4.78 is 0. The van der Waals surface area contributed by atoms with E-state index in [-0.39, 0.29) is 27.9 Å². The van der Waals surface area contributed by atoms with E-state index in [1.54, 1.807) is 0 Å². The maximum absolute atomic E-state index is 12.3. The van der Waals surface area contributed by atoms with Crippen LogP contribution in [0.15, 0.2) is 12.2 Å². The first-order valence-electron chi connectivity index (χ1n) is 8.58. The van der Waals surface area contributed by atoms with Crippen LogP contribution in [0.1, 0.15) is 75.2 Å². The van der Waals surface area contributed by atoms with Gasteiger partial charge in [0.1, 0.15) is 0 Å². The monoisotopic (exact) mass is 321 g/mol. The van der Waals surface area contributed by atoms with Crippen LogP contribution in [0.3, 0.4) is 0 Å². The van der Waals surface area contributed by atoms with E-state index in [1.165, 1.54) is 0 Å². The molecular formula is C19H36BNO2. The SMILES string of the molecule is C=C(CC(=O)NC(C)(C)CC(C)(C)BC(=O)C(C)(C)C)C(C)C. The van der Waals surface area contributed by atoms with E-state index in [0.717, 1.165) is 12.0 Å². The number of rotatable bonds is 8. The second-order valence-corrected chi connectivity index (χ2v) is 9.61. The highest BCUT2D eigenvalue weighted by molar-refractivity contribution is 6.77. The van der Waals surface area contributed by atoms with Crippen molar-refractivity contribution in [1.29, 1.82) is 0 Å². The Labute approximate surface area is 143 Å². The van der Waals surface area contributed by atoms with E-state index < -0.39 is 0 Å². The Morgan fingerprint density at radius 1 is 1.04 bits per heavy atom. The fraction of sp³-hybridized carbons (Fsp3) is 0.789. The molecule has 0 bridgehead atoms. The maximum atomic E-state index is 12.3. The molecule has 3 nitrogen and oxygen atoms in total. The third kappa shape index (κ3) is 8.97. The van der Waals surface area contributed by atoms with Gasteiger partial charge in [-0.3, -0.25) is 4.79 Å². The average Bonchev–Trinajstić information content (AvgIpc) is 2.23. The Hall–Kier alpha value is -1.06. The van der Waals surface area contributed by atoms with Gasteiger partial charge in [-0.05, 0) is 31.5 Å². The van der Waals surface area contributed by atoms with E-state index >= 15 is 0 Å². The number of nitrogens with one attached hydrogen (secondary N) is 1. The third-order valence-corrected chi connectivity index (χ3v) is 4.08. The zero-order valence-corrected chi connectivity index (χ0v) is 16.7. The molecule has 0 saturated heterocycles. The highest BCUT2D eigenvalue weighted by atomic mass is 16.1. The predicted octanol–water partition coefficient (Wildman–Crippen LogP) is 4.08. The van der Waals surface area contributed by atoms with Gasteiger partial charge < -0.3 is 10.1 Å². The Bertz CT molecular complexity index is 456. The smallest absolute Gasteiger partial charge is 0.224 e. The molecule has 0 aliphatic rings. The van der Waals surface area contributed by atoms with Gasteiger partial charge in [-0.1, -0.05) is 60.6 Å². The first kappa shape index (κ1) is 21.9. The van der Waals surface area contributed by atoms with Gasteiger partial charge in [-0.15, -0.1) is 0 Å². The van der Waals surface area contributed by atoms with Crippen LogP contribution in [0.2, 0.25) is 5.31 Å². The summed E-state index contributed by atoms with van der Waals surface area (Å²) in [6.45, 7) is 22.1. The summed E-state index contributed by atoms with van der Waals surface area (Å²) in [5.74, 6) is 0.316. The second kappa shape index (κ2) is 7.68. The summed E-state index contributed by atoms with van der Waals surface area (Å²) in [6.07, 6.45) is 1.12. The lowest BCUT2D eigenvalue weighted by atomic mass is 9.45. The van der Waals surface area contributed by atoms with Crippen molar-refractivity contribution in [2.75, 3.05) is 0 Å². The van der Waals surface area contributed by atoms with Gasteiger partial charge in [-0.25, -0.2) is 0 Å². The lowest BCUT2D eigenvalue weighted by Crippen LogP contribution is -2.47. The molecule has 0 rings (SSSR count). The van der Waals surface area contributed by atoms with Crippen molar-refractivity contribution in [2.45, 2.75) is 86.0 Å². The molecule has 0 radical (unpaired) electrons. The van der Waals surface area contributed by atoms with Crippen molar-refractivity contribution in [3.05, 3.63) is 12.2 Å². The summed E-state index contributed by atoms with van der Waals surface area (Å²) in [5.41, 5.74) is 0.536. The molecule has 23 heavy (non-hydrogen) atoms. The molecule has 4 heteroatoms. The molecule has 0 aliphatic carbocycles. The fourth-order valence-electron chi connectivity index (χ4n) is 2.83. The Kier molecular flexibility index (Phi) is 7.32. The number of amides is 1. The normalized spacial score (nSPS) is 13.0. The van der Waals surface area contributed by atoms with Gasteiger partial charge in [0.15, 0.2) is 0 Å². The summed E-state index contributed by atoms with van der Waals surface area (Å²) >= 11 is 0. The number of hydrogen-bond donors (Lipinski definition) is 1. The zero-order chi connectivity index (χ0) is 18.6. The Morgan fingerprint density at radius 3 is 1.91 bits per heavy atom. The zero-order valence-electron chi connectivity index (χ0n) is 16.7. The van der Waals surface area contributed by atoms with E-state index in [0.29, 0.717) is 19.6 Å². The predicted molar refractivity (Wildman–Crippen MR) is 101 cm³/mol. The second-order valence-electron chi connectivity index (χ2n) is 9.61. The molecule has 132 valence electrons. The molecule has 0 heterocycles. The fourth-order valence-corrected chi connectivity index (χ4v) is 2.83. The minimum absolute atomic E-state index is 0.00616. The molecule has 0 atom stereocenters. The van der Waals surface area contributed by atoms with Crippen molar-refractivity contribution < 1.29 is 9.59 Å². The first-order valence-corrected chi connectivity index (χ1v) is 8.58. The summed E-state index contributed by atoms with van der Waals surface area (Å²) in [6, 6.07) is 0. The number of hydrogen-bond acceptors (Lipinski definition) is 2. The van der Waals surface area contributed by atoms with Crippen LogP contribution in [0.5, 0.6) is 0 Å². The van der Waals surface area contributed by atoms with Gasteiger partial charge in [0, 0.05) is 17.4 Å². The van der Waals surface area contributed by atoms with Gasteiger partial charge in [0.05, 0.1) is 5.68 Å². The highest BCUT2D eigenvalue weighted by Crippen LogP contribution is 2.35. The van der Waals surface area contributed by atoms with E-state index in [1.807, 2.05) is 48.5 Å². The lowest BCUT2D eigenvalue weighted by molar-refractivity contribution is -0.122. The van der Waals surface area contributed by atoms with Crippen molar-refractivity contribution >= 4 is 18.9 Å². The van der Waals surface area contributed by atoms with Crippen LogP contribution in [0.25, 0.3) is 0 Å². The standard InChI is InChI=1S/C19H36BNO2/c1-13(2)14(3)11-15(22)21-19(9,10)12-18(7,8)20-16(23)17(4,5)6/h13,20H,3,11-12H2,1-2,4-10H3,(H,21,22). The van der Waals surface area contributed by atoms with Gasteiger partial charge in [0.25, 0.3) is 0 Å². The largest absolute Gasteiger partial charge is 0.351 e. The molecule has 0 unspecified atom stereocenters. The van der Waals surface area contributed by atoms with Crippen molar-refractivity contribution in [2.24, 2.45) is 11.3 Å². The summed E-state index contributed by atoms with van der Waals surface area (Å²) in [5, 5.41) is 2.94. The minimum atomic E-state index is -0.351. The minimum Gasteiger partial charge on any atom is -0.351 e. The first-order chi connectivity index (χ1) is 10.1. The molecular weight excluding hydrogens is 285 g/mol. The van der Waals surface area contributed by atoms with Crippen LogP contribution < -0.4 is 5.32 Å². The Balaban J connectivity index is 4.74. The average molecular weight is 321 g/mol. The molecule has 1 amide bonds. The maximum Gasteiger partial charge on any atom is 0.224 e. The third-order valence-electron chi connectivity index (χ3n) is 4.08. The molecule has 0 fully saturated rings. The van der Waals surface area contributed by atoms with Gasteiger partial charge in [0.2, 0.25) is 13.2 Å². The molecule has 0 aromatic carbocycles. The number of carbonyl (C=O) groups is 2. The van der Waals surface area contributed by atoms with Crippen LogP contribution in [-0.2, 0) is 9.59 Å². The molecule has 0 aromatic heterocycles. The van der Waals surface area contributed by atoms with E-state index in [9.17, 15) is 9.59 Å². The van der Waals surface area contributed by atoms with Gasteiger partial charge in [-0.2, -0.15) is 0 Å². The Morgan fingerprint density at radius 2 is 1.52 bits per heavy atom.